The van der Waals surface area contributed by atoms with Crippen molar-refractivity contribution in [2.24, 2.45) is 0 Å². The van der Waals surface area contributed by atoms with E-state index in [2.05, 4.69) is 22.0 Å². The van der Waals surface area contributed by atoms with Crippen LogP contribution in [0.3, 0.4) is 0 Å². The third-order valence-corrected chi connectivity index (χ3v) is 7.35. The molecule has 0 N–H and O–H groups in total. The maximum Gasteiger partial charge on any atom is 0.346 e. The van der Waals surface area contributed by atoms with E-state index in [9.17, 15) is 10.0 Å². The summed E-state index contributed by atoms with van der Waals surface area (Å²) in [6.45, 7) is 1.42. The van der Waals surface area contributed by atoms with Gasteiger partial charge >= 0.3 is 5.91 Å². The SMILES string of the molecule is O=C(c1ccncc1)[N+]1([O-])CCN(C2c3ccc(Cl)cc3SCc3cccnc32)CC1. The lowest BCUT2D eigenvalue weighted by Gasteiger charge is -2.47. The largest absolute Gasteiger partial charge is 0.625 e. The molecule has 1 amide bonds. The molecule has 2 aromatic heterocycles. The summed E-state index contributed by atoms with van der Waals surface area (Å²) in [7, 11) is 0. The van der Waals surface area contributed by atoms with Crippen molar-refractivity contribution in [2.45, 2.75) is 16.7 Å². The fourth-order valence-corrected chi connectivity index (χ4v) is 5.69. The Morgan fingerprint density at radius 1 is 1.13 bits per heavy atom. The van der Waals surface area contributed by atoms with Gasteiger partial charge in [-0.25, -0.2) is 4.79 Å². The number of thioether (sulfide) groups is 1. The Morgan fingerprint density at radius 3 is 2.68 bits per heavy atom. The van der Waals surface area contributed by atoms with Crippen LogP contribution in [0.2, 0.25) is 5.02 Å². The van der Waals surface area contributed by atoms with Gasteiger partial charge in [0.1, 0.15) is 0 Å². The van der Waals surface area contributed by atoms with Crippen molar-refractivity contribution in [1.82, 2.24) is 14.9 Å². The first-order chi connectivity index (χ1) is 15.0. The molecule has 2 aliphatic rings. The Kier molecular flexibility index (Phi) is 5.54. The normalized spacial score (nSPS) is 20.4. The lowest BCUT2D eigenvalue weighted by molar-refractivity contribution is -0.804. The quantitative estimate of drug-likeness (QED) is 0.426. The number of amides is 1. The molecule has 0 bridgehead atoms. The van der Waals surface area contributed by atoms with Crippen LogP contribution in [-0.2, 0) is 5.75 Å². The Bertz CT molecular complexity index is 1120. The molecule has 1 saturated heterocycles. The maximum absolute atomic E-state index is 13.4. The number of hydrogen-bond donors (Lipinski definition) is 0. The Morgan fingerprint density at radius 2 is 1.90 bits per heavy atom. The van der Waals surface area contributed by atoms with E-state index in [1.165, 1.54) is 5.56 Å². The van der Waals surface area contributed by atoms with Gasteiger partial charge < -0.3 is 5.21 Å². The van der Waals surface area contributed by atoms with Gasteiger partial charge in [-0.3, -0.25) is 19.5 Å². The van der Waals surface area contributed by atoms with E-state index in [-0.39, 0.29) is 19.1 Å². The minimum atomic E-state index is -0.843. The highest BCUT2D eigenvalue weighted by atomic mass is 35.5. The summed E-state index contributed by atoms with van der Waals surface area (Å²) >= 11 is 8.04. The molecule has 0 aliphatic carbocycles. The number of hydrogen-bond acceptors (Lipinski definition) is 6. The van der Waals surface area contributed by atoms with Crippen molar-refractivity contribution >= 4 is 29.3 Å². The summed E-state index contributed by atoms with van der Waals surface area (Å²) < 4.78 is -0.843. The zero-order valence-corrected chi connectivity index (χ0v) is 18.4. The lowest BCUT2D eigenvalue weighted by atomic mass is 9.97. The minimum Gasteiger partial charge on any atom is -0.625 e. The number of halogens is 1. The third kappa shape index (κ3) is 3.88. The molecule has 31 heavy (non-hydrogen) atoms. The van der Waals surface area contributed by atoms with Crippen LogP contribution in [0.25, 0.3) is 0 Å². The summed E-state index contributed by atoms with van der Waals surface area (Å²) in [5.41, 5.74) is 3.77. The molecule has 4 heterocycles. The van der Waals surface area contributed by atoms with Gasteiger partial charge in [0.2, 0.25) is 0 Å². The monoisotopic (exact) mass is 452 g/mol. The fraction of sp³-hybridized carbons (Fsp3) is 0.261. The molecule has 0 spiro atoms. The Balaban J connectivity index is 1.46. The van der Waals surface area contributed by atoms with Crippen LogP contribution in [0.4, 0.5) is 0 Å². The van der Waals surface area contributed by atoms with Crippen LogP contribution in [0.15, 0.2) is 66.0 Å². The number of piperazine rings is 1. The zero-order chi connectivity index (χ0) is 21.4. The predicted molar refractivity (Wildman–Crippen MR) is 121 cm³/mol. The minimum absolute atomic E-state index is 0.0664. The second kappa shape index (κ2) is 8.33. The average molecular weight is 453 g/mol. The van der Waals surface area contributed by atoms with Gasteiger partial charge in [0, 0.05) is 47.4 Å². The summed E-state index contributed by atoms with van der Waals surface area (Å²) in [6.07, 6.45) is 4.91. The molecule has 8 heteroatoms. The van der Waals surface area contributed by atoms with Gasteiger partial charge in [-0.2, -0.15) is 0 Å². The molecule has 1 fully saturated rings. The second-order valence-electron chi connectivity index (χ2n) is 7.83. The smallest absolute Gasteiger partial charge is 0.346 e. The average Bonchev–Trinajstić information content (AvgIpc) is 2.96. The van der Waals surface area contributed by atoms with Crippen LogP contribution >= 0.6 is 23.4 Å². The molecule has 158 valence electrons. The molecule has 1 atom stereocenters. The van der Waals surface area contributed by atoms with Crippen LogP contribution < -0.4 is 0 Å². The van der Waals surface area contributed by atoms with Crippen molar-refractivity contribution in [2.75, 3.05) is 26.2 Å². The first-order valence-electron chi connectivity index (χ1n) is 10.2. The summed E-state index contributed by atoms with van der Waals surface area (Å²) in [5.74, 6) is 0.423. The number of pyridine rings is 2. The second-order valence-corrected chi connectivity index (χ2v) is 9.29. The molecule has 0 saturated carbocycles. The van der Waals surface area contributed by atoms with E-state index in [0.29, 0.717) is 23.7 Å². The number of fused-ring (bicyclic) bond motifs is 2. The van der Waals surface area contributed by atoms with Crippen LogP contribution in [0.5, 0.6) is 0 Å². The van der Waals surface area contributed by atoms with Crippen molar-refractivity contribution in [3.8, 4) is 0 Å². The topological polar surface area (TPSA) is 69.2 Å². The molecule has 3 aromatic rings. The van der Waals surface area contributed by atoms with Crippen LogP contribution in [0, 0.1) is 5.21 Å². The van der Waals surface area contributed by atoms with Gasteiger partial charge in [-0.05, 0) is 41.5 Å². The lowest BCUT2D eigenvalue weighted by Crippen LogP contribution is -2.59. The summed E-state index contributed by atoms with van der Waals surface area (Å²) in [4.78, 5) is 25.0. The van der Waals surface area contributed by atoms with Gasteiger partial charge in [0.15, 0.2) is 0 Å². The maximum atomic E-state index is 13.4. The van der Waals surface area contributed by atoms with E-state index in [0.717, 1.165) is 21.9 Å². The van der Waals surface area contributed by atoms with Crippen molar-refractivity contribution in [3.63, 3.8) is 0 Å². The molecule has 1 aromatic carbocycles. The van der Waals surface area contributed by atoms with Gasteiger partial charge in [-0.15, -0.1) is 11.8 Å². The molecule has 1 unspecified atom stereocenters. The summed E-state index contributed by atoms with van der Waals surface area (Å²) in [6, 6.07) is 13.2. The molecule has 2 aliphatic heterocycles. The van der Waals surface area contributed by atoms with E-state index in [1.54, 1.807) is 36.3 Å². The summed E-state index contributed by atoms with van der Waals surface area (Å²) in [5, 5.41) is 14.1. The number of nitrogens with zero attached hydrogens (tertiary/aromatic N) is 4. The van der Waals surface area contributed by atoms with E-state index in [4.69, 9.17) is 16.6 Å². The highest BCUT2D eigenvalue weighted by Gasteiger charge is 2.38. The van der Waals surface area contributed by atoms with Crippen LogP contribution in [0.1, 0.15) is 33.2 Å². The molecule has 5 rings (SSSR count). The van der Waals surface area contributed by atoms with E-state index < -0.39 is 10.6 Å². The highest BCUT2D eigenvalue weighted by molar-refractivity contribution is 7.98. The standard InChI is InChI=1S/C23H21ClN4O2S/c24-18-3-4-19-20(14-18)31-15-17-2-1-7-26-21(17)22(19)27-10-12-28(30,13-11-27)23(29)16-5-8-25-9-6-16/h1-9,14,22H,10-13,15H2. The third-order valence-electron chi connectivity index (χ3n) is 6.00. The van der Waals surface area contributed by atoms with Crippen molar-refractivity contribution < 1.29 is 9.44 Å². The van der Waals surface area contributed by atoms with E-state index in [1.807, 2.05) is 24.4 Å². The molecule has 6 nitrogen and oxygen atoms in total. The van der Waals surface area contributed by atoms with Crippen molar-refractivity contribution in [3.05, 3.63) is 93.7 Å². The van der Waals surface area contributed by atoms with Crippen LogP contribution in [-0.4, -0.2) is 51.6 Å². The van der Waals surface area contributed by atoms with Gasteiger partial charge in [0.25, 0.3) is 0 Å². The zero-order valence-electron chi connectivity index (χ0n) is 16.8. The Hall–Kier alpha value is -2.29. The number of hydroxylamine groups is 3. The number of rotatable bonds is 2. The van der Waals surface area contributed by atoms with Gasteiger partial charge in [-0.1, -0.05) is 23.7 Å². The number of quaternary nitrogens is 1. The number of carbonyl (C=O) groups excluding carboxylic acids is 1. The van der Waals surface area contributed by atoms with E-state index >= 15 is 0 Å². The number of benzene rings is 1. The first-order valence-corrected chi connectivity index (χ1v) is 11.5. The molecule has 0 radical (unpaired) electrons. The number of aromatic nitrogens is 2. The molecular weight excluding hydrogens is 432 g/mol. The fourth-order valence-electron chi connectivity index (χ4n) is 4.35. The van der Waals surface area contributed by atoms with Gasteiger partial charge in [0.05, 0.1) is 30.4 Å². The number of carbonyl (C=O) groups is 1. The highest BCUT2D eigenvalue weighted by Crippen LogP contribution is 2.42. The first kappa shape index (κ1) is 20.6. The molecular formula is C23H21ClN4O2S. The van der Waals surface area contributed by atoms with Crippen molar-refractivity contribution in [1.29, 1.82) is 0 Å². The Labute approximate surface area is 190 Å². The predicted octanol–water partition coefficient (Wildman–Crippen LogP) is 4.30.